The second kappa shape index (κ2) is 5.57. The summed E-state index contributed by atoms with van der Waals surface area (Å²) in [5.41, 5.74) is 6.67. The molecule has 0 saturated carbocycles. The Hall–Kier alpha value is -2.74. The Morgan fingerprint density at radius 1 is 1.23 bits per heavy atom. The predicted octanol–water partition coefficient (Wildman–Crippen LogP) is 0.000300. The van der Waals surface area contributed by atoms with E-state index in [1.165, 1.54) is 9.80 Å². The Bertz CT molecular complexity index is 727. The van der Waals surface area contributed by atoms with Crippen LogP contribution in [0.4, 0.5) is 5.69 Å². The number of amides is 2. The van der Waals surface area contributed by atoms with Crippen LogP contribution in [0.5, 0.6) is 0 Å². The van der Waals surface area contributed by atoms with Crippen LogP contribution in [0, 0.1) is 0 Å². The predicted molar refractivity (Wildman–Crippen MR) is 77.6 cm³/mol. The van der Waals surface area contributed by atoms with Crippen LogP contribution < -0.4 is 10.6 Å². The molecule has 22 heavy (non-hydrogen) atoms. The average molecular weight is 301 g/mol. The number of hydrogen-bond donors (Lipinski definition) is 1. The maximum atomic E-state index is 12.2. The number of nitrogens with two attached hydrogens (primary N) is 1. The van der Waals surface area contributed by atoms with E-state index >= 15 is 0 Å². The van der Waals surface area contributed by atoms with Crippen molar-refractivity contribution in [3.05, 3.63) is 30.2 Å². The number of anilines is 1. The van der Waals surface area contributed by atoms with Crippen molar-refractivity contribution in [2.45, 2.75) is 6.54 Å². The lowest BCUT2D eigenvalue weighted by Gasteiger charge is -2.32. The molecule has 8 nitrogen and oxygen atoms in total. The summed E-state index contributed by atoms with van der Waals surface area (Å²) in [5.74, 6) is 0.378. The molecule has 1 aliphatic rings. The van der Waals surface area contributed by atoms with Gasteiger partial charge in [0.1, 0.15) is 6.54 Å². The van der Waals surface area contributed by atoms with E-state index in [1.807, 2.05) is 0 Å². The highest BCUT2D eigenvalue weighted by Crippen LogP contribution is 2.29. The van der Waals surface area contributed by atoms with E-state index in [0.29, 0.717) is 23.0 Å². The van der Waals surface area contributed by atoms with E-state index in [-0.39, 0.29) is 31.4 Å². The molecule has 2 N–H and O–H groups in total. The zero-order valence-corrected chi connectivity index (χ0v) is 12.0. The lowest BCUT2D eigenvalue weighted by Crippen LogP contribution is -2.52. The number of likely N-dealkylation sites (N-methyl/N-ethyl adjacent to an activating group) is 1. The van der Waals surface area contributed by atoms with Crippen LogP contribution in [0.25, 0.3) is 11.4 Å². The number of para-hydroxylation sites is 1. The van der Waals surface area contributed by atoms with Crippen LogP contribution in [-0.2, 0) is 16.1 Å². The van der Waals surface area contributed by atoms with Gasteiger partial charge in [-0.25, -0.2) is 0 Å². The average Bonchev–Trinajstić information content (AvgIpc) is 3.00. The van der Waals surface area contributed by atoms with Crippen molar-refractivity contribution >= 4 is 17.5 Å². The van der Waals surface area contributed by atoms with Crippen molar-refractivity contribution in [3.8, 4) is 11.4 Å². The van der Waals surface area contributed by atoms with E-state index in [2.05, 4.69) is 10.1 Å². The van der Waals surface area contributed by atoms with Gasteiger partial charge in [-0.1, -0.05) is 17.3 Å². The van der Waals surface area contributed by atoms with Crippen molar-refractivity contribution < 1.29 is 14.1 Å². The molecule has 1 aliphatic heterocycles. The third-order valence-electron chi connectivity index (χ3n) is 3.47. The molecule has 0 unspecified atom stereocenters. The van der Waals surface area contributed by atoms with Crippen LogP contribution in [0.2, 0.25) is 0 Å². The van der Waals surface area contributed by atoms with Gasteiger partial charge in [0.15, 0.2) is 0 Å². The van der Waals surface area contributed by atoms with Gasteiger partial charge in [-0.3, -0.25) is 9.59 Å². The van der Waals surface area contributed by atoms with Crippen molar-refractivity contribution in [2.75, 3.05) is 25.0 Å². The molecular weight excluding hydrogens is 286 g/mol. The fourth-order valence-electron chi connectivity index (χ4n) is 2.29. The van der Waals surface area contributed by atoms with Gasteiger partial charge >= 0.3 is 0 Å². The summed E-state index contributed by atoms with van der Waals surface area (Å²) in [6.07, 6.45) is 0. The fourth-order valence-corrected chi connectivity index (χ4v) is 2.29. The number of piperazine rings is 1. The van der Waals surface area contributed by atoms with E-state index in [0.717, 1.165) is 0 Å². The largest absolute Gasteiger partial charge is 0.338 e. The Balaban J connectivity index is 2.01. The molecule has 1 aromatic carbocycles. The first-order valence-corrected chi connectivity index (χ1v) is 6.76. The second-order valence-corrected chi connectivity index (χ2v) is 4.96. The van der Waals surface area contributed by atoms with Gasteiger partial charge in [-0.2, -0.15) is 4.98 Å². The van der Waals surface area contributed by atoms with Gasteiger partial charge < -0.3 is 20.1 Å². The Labute approximate surface area is 126 Å². The molecule has 0 aliphatic carbocycles. The van der Waals surface area contributed by atoms with Crippen molar-refractivity contribution in [3.63, 3.8) is 0 Å². The minimum atomic E-state index is -0.155. The summed E-state index contributed by atoms with van der Waals surface area (Å²) in [5, 5.41) is 3.87. The Morgan fingerprint density at radius 2 is 2.00 bits per heavy atom. The molecule has 2 amide bonds. The molecule has 1 aromatic heterocycles. The Kier molecular flexibility index (Phi) is 3.60. The number of hydrogen-bond acceptors (Lipinski definition) is 6. The van der Waals surface area contributed by atoms with Crippen LogP contribution >= 0.6 is 0 Å². The van der Waals surface area contributed by atoms with Crippen LogP contribution in [0.15, 0.2) is 28.8 Å². The summed E-state index contributed by atoms with van der Waals surface area (Å²) in [6, 6.07) is 7.12. The molecule has 2 heterocycles. The molecule has 0 radical (unpaired) electrons. The molecule has 1 fully saturated rings. The summed E-state index contributed by atoms with van der Waals surface area (Å²) in [4.78, 5) is 31.2. The first kappa shape index (κ1) is 14.2. The SMILES string of the molecule is CN1CC(=O)N(c2ccccc2-c2noc(CN)n2)CC1=O. The zero-order valence-electron chi connectivity index (χ0n) is 12.0. The van der Waals surface area contributed by atoms with Gasteiger partial charge in [0.05, 0.1) is 18.8 Å². The number of carbonyl (C=O) groups is 2. The minimum absolute atomic E-state index is 0.00601. The van der Waals surface area contributed by atoms with Gasteiger partial charge in [0, 0.05) is 12.6 Å². The molecule has 8 heteroatoms. The molecular formula is C14H15N5O3. The third kappa shape index (κ3) is 2.44. The molecule has 2 aromatic rings. The van der Waals surface area contributed by atoms with Gasteiger partial charge in [0.25, 0.3) is 0 Å². The van der Waals surface area contributed by atoms with Gasteiger partial charge in [0.2, 0.25) is 23.5 Å². The molecule has 0 atom stereocenters. The van der Waals surface area contributed by atoms with E-state index in [1.54, 1.807) is 31.3 Å². The highest BCUT2D eigenvalue weighted by atomic mass is 16.5. The monoisotopic (exact) mass is 301 g/mol. The van der Waals surface area contributed by atoms with Crippen LogP contribution in [0.1, 0.15) is 5.89 Å². The molecule has 0 bridgehead atoms. The number of carbonyl (C=O) groups excluding carboxylic acids is 2. The first-order chi connectivity index (χ1) is 10.6. The smallest absolute Gasteiger partial charge is 0.247 e. The highest BCUT2D eigenvalue weighted by Gasteiger charge is 2.30. The molecule has 0 spiro atoms. The number of nitrogens with zero attached hydrogens (tertiary/aromatic N) is 4. The quantitative estimate of drug-likeness (QED) is 0.855. The van der Waals surface area contributed by atoms with Gasteiger partial charge in [-0.15, -0.1) is 0 Å². The fraction of sp³-hybridized carbons (Fsp3) is 0.286. The maximum absolute atomic E-state index is 12.2. The summed E-state index contributed by atoms with van der Waals surface area (Å²) < 4.78 is 5.01. The summed E-state index contributed by atoms with van der Waals surface area (Å²) >= 11 is 0. The lowest BCUT2D eigenvalue weighted by molar-refractivity contribution is -0.136. The maximum Gasteiger partial charge on any atom is 0.247 e. The first-order valence-electron chi connectivity index (χ1n) is 6.76. The van der Waals surface area contributed by atoms with E-state index < -0.39 is 0 Å². The zero-order chi connectivity index (χ0) is 15.7. The van der Waals surface area contributed by atoms with Crippen molar-refractivity contribution in [1.29, 1.82) is 0 Å². The standard InChI is InChI=1S/C14H15N5O3/c1-18-7-13(21)19(8-12(18)20)10-5-3-2-4-9(10)14-16-11(6-15)22-17-14/h2-5H,6-8,15H2,1H3. The van der Waals surface area contributed by atoms with E-state index in [4.69, 9.17) is 10.3 Å². The molecule has 114 valence electrons. The number of rotatable bonds is 3. The van der Waals surface area contributed by atoms with Crippen molar-refractivity contribution in [2.24, 2.45) is 5.73 Å². The number of aromatic nitrogens is 2. The molecule has 3 rings (SSSR count). The minimum Gasteiger partial charge on any atom is -0.338 e. The second-order valence-electron chi connectivity index (χ2n) is 4.96. The van der Waals surface area contributed by atoms with E-state index in [9.17, 15) is 9.59 Å². The summed E-state index contributed by atoms with van der Waals surface area (Å²) in [7, 11) is 1.61. The Morgan fingerprint density at radius 3 is 2.73 bits per heavy atom. The van der Waals surface area contributed by atoms with Crippen LogP contribution in [0.3, 0.4) is 0 Å². The topological polar surface area (TPSA) is 106 Å². The van der Waals surface area contributed by atoms with Crippen LogP contribution in [-0.4, -0.2) is 47.0 Å². The lowest BCUT2D eigenvalue weighted by atomic mass is 10.1. The highest BCUT2D eigenvalue weighted by molar-refractivity contribution is 6.06. The normalized spacial score (nSPS) is 15.5. The summed E-state index contributed by atoms with van der Waals surface area (Å²) in [6.45, 7) is 0.183. The number of benzene rings is 1. The molecule has 1 saturated heterocycles. The third-order valence-corrected chi connectivity index (χ3v) is 3.47. The van der Waals surface area contributed by atoms with Crippen molar-refractivity contribution in [1.82, 2.24) is 15.0 Å². The van der Waals surface area contributed by atoms with Gasteiger partial charge in [-0.05, 0) is 12.1 Å².